The van der Waals surface area contributed by atoms with Crippen LogP contribution in [0.5, 0.6) is 5.75 Å². The zero-order valence-electron chi connectivity index (χ0n) is 17.3. The Bertz CT molecular complexity index is 893. The highest BCUT2D eigenvalue weighted by Crippen LogP contribution is 2.17. The van der Waals surface area contributed by atoms with E-state index < -0.39 is 12.0 Å². The predicted molar refractivity (Wildman–Crippen MR) is 120 cm³/mol. The van der Waals surface area contributed by atoms with E-state index in [1.165, 1.54) is 5.56 Å². The van der Waals surface area contributed by atoms with Crippen LogP contribution in [0.2, 0.25) is 5.15 Å². The number of benzene rings is 1. The molecule has 11 heteroatoms. The van der Waals surface area contributed by atoms with Crippen molar-refractivity contribution in [2.24, 2.45) is 0 Å². The summed E-state index contributed by atoms with van der Waals surface area (Å²) in [5.74, 6) is -0.366. The van der Waals surface area contributed by atoms with Gasteiger partial charge in [0, 0.05) is 6.54 Å². The fourth-order valence-electron chi connectivity index (χ4n) is 2.56. The van der Waals surface area contributed by atoms with Crippen molar-refractivity contribution in [2.45, 2.75) is 38.7 Å². The quantitative estimate of drug-likeness (QED) is 0.180. The summed E-state index contributed by atoms with van der Waals surface area (Å²) in [6.45, 7) is 2.70. The summed E-state index contributed by atoms with van der Waals surface area (Å²) in [4.78, 5) is 19.7. The second kappa shape index (κ2) is 11.9. The highest BCUT2D eigenvalue weighted by Gasteiger charge is 2.16. The SMILES string of the molecule is CCC(O)COc1ccc(CCCCNC(=N)NC(=O)c2nc(Cl)c(N)nc2N)cc1. The minimum atomic E-state index is -0.696. The number of aromatic nitrogens is 2. The number of anilines is 2. The molecule has 0 aliphatic carbocycles. The average Bonchev–Trinajstić information content (AvgIpc) is 2.75. The molecule has 168 valence electrons. The van der Waals surface area contributed by atoms with Crippen LogP contribution in [-0.2, 0) is 6.42 Å². The van der Waals surface area contributed by atoms with Crippen LogP contribution >= 0.6 is 11.6 Å². The summed E-state index contributed by atoms with van der Waals surface area (Å²) in [6.07, 6.45) is 2.77. The first kappa shape index (κ1) is 24.2. The number of ether oxygens (including phenoxy) is 1. The number of aliphatic hydroxyl groups excluding tert-OH is 1. The third-order valence-corrected chi connectivity index (χ3v) is 4.67. The van der Waals surface area contributed by atoms with Crippen molar-refractivity contribution in [3.05, 3.63) is 40.7 Å². The molecule has 8 N–H and O–H groups in total. The van der Waals surface area contributed by atoms with Crippen molar-refractivity contribution in [3.63, 3.8) is 0 Å². The molecule has 1 aromatic heterocycles. The molecule has 1 atom stereocenters. The van der Waals surface area contributed by atoms with Gasteiger partial charge in [0.25, 0.3) is 5.91 Å². The van der Waals surface area contributed by atoms with Gasteiger partial charge in [-0.2, -0.15) is 0 Å². The van der Waals surface area contributed by atoms with Crippen LogP contribution in [0.1, 0.15) is 42.2 Å². The van der Waals surface area contributed by atoms with Crippen molar-refractivity contribution in [2.75, 3.05) is 24.6 Å². The number of rotatable bonds is 10. The number of halogens is 1. The highest BCUT2D eigenvalue weighted by molar-refractivity contribution is 6.31. The van der Waals surface area contributed by atoms with Gasteiger partial charge in [-0.3, -0.25) is 15.5 Å². The topological polar surface area (TPSA) is 172 Å². The number of nitrogen functional groups attached to an aromatic ring is 2. The lowest BCUT2D eigenvalue weighted by Crippen LogP contribution is -2.41. The first-order chi connectivity index (χ1) is 14.8. The molecule has 0 saturated heterocycles. The number of carbonyl (C=O) groups is 1. The van der Waals surface area contributed by atoms with Gasteiger partial charge in [-0.1, -0.05) is 30.7 Å². The second-order valence-electron chi connectivity index (χ2n) is 6.86. The molecular weight excluding hydrogens is 422 g/mol. The molecular formula is C20H28ClN7O3. The van der Waals surface area contributed by atoms with Crippen LogP contribution in [0.25, 0.3) is 0 Å². The molecule has 2 aromatic rings. The van der Waals surface area contributed by atoms with Crippen molar-refractivity contribution in [1.29, 1.82) is 5.41 Å². The molecule has 1 amide bonds. The molecule has 0 spiro atoms. The number of aliphatic hydroxyl groups is 1. The first-order valence-electron chi connectivity index (χ1n) is 9.92. The lowest BCUT2D eigenvalue weighted by molar-refractivity contribution is 0.0971. The molecule has 2 rings (SSSR count). The molecule has 10 nitrogen and oxygen atoms in total. The largest absolute Gasteiger partial charge is 0.491 e. The number of aryl methyl sites for hydroxylation is 1. The molecule has 1 unspecified atom stereocenters. The molecule has 0 fully saturated rings. The molecule has 31 heavy (non-hydrogen) atoms. The summed E-state index contributed by atoms with van der Waals surface area (Å²) in [7, 11) is 0. The van der Waals surface area contributed by atoms with Crippen LogP contribution in [-0.4, -0.2) is 46.2 Å². The van der Waals surface area contributed by atoms with Gasteiger partial charge in [-0.05, 0) is 43.4 Å². The minimum Gasteiger partial charge on any atom is -0.491 e. The summed E-state index contributed by atoms with van der Waals surface area (Å²) in [6, 6.07) is 7.76. The average molecular weight is 450 g/mol. The van der Waals surface area contributed by atoms with Gasteiger partial charge in [0.2, 0.25) is 0 Å². The maximum atomic E-state index is 12.1. The Hall–Kier alpha value is -3.11. The van der Waals surface area contributed by atoms with Crippen molar-refractivity contribution >= 4 is 35.1 Å². The fourth-order valence-corrected chi connectivity index (χ4v) is 2.68. The standard InChI is InChI=1S/C20H28ClN7O3/c1-2-13(29)11-31-14-8-6-12(7-9-14)5-3-4-10-25-20(24)28-19(30)15-17(22)27-18(23)16(21)26-15/h6-9,13,29H,2-5,10-11H2,1H3,(H4,22,23,27)(H3,24,25,28,30). The van der Waals surface area contributed by atoms with Gasteiger partial charge in [0.1, 0.15) is 12.4 Å². The number of nitrogens with two attached hydrogens (primary N) is 2. The fraction of sp³-hybridized carbons (Fsp3) is 0.400. The third kappa shape index (κ3) is 7.91. The van der Waals surface area contributed by atoms with Crippen molar-refractivity contribution in [1.82, 2.24) is 20.6 Å². The second-order valence-corrected chi connectivity index (χ2v) is 7.22. The van der Waals surface area contributed by atoms with E-state index in [4.69, 9.17) is 33.2 Å². The molecule has 1 aromatic carbocycles. The van der Waals surface area contributed by atoms with Gasteiger partial charge in [0.15, 0.2) is 28.4 Å². The number of carbonyl (C=O) groups excluding carboxylic acids is 1. The highest BCUT2D eigenvalue weighted by atomic mass is 35.5. The third-order valence-electron chi connectivity index (χ3n) is 4.39. The Labute approximate surface area is 185 Å². The van der Waals surface area contributed by atoms with E-state index in [0.29, 0.717) is 13.0 Å². The van der Waals surface area contributed by atoms with Gasteiger partial charge in [0.05, 0.1) is 6.10 Å². The van der Waals surface area contributed by atoms with E-state index in [2.05, 4.69) is 20.6 Å². The number of amides is 1. The van der Waals surface area contributed by atoms with E-state index in [1.807, 2.05) is 31.2 Å². The number of hydrogen-bond donors (Lipinski definition) is 6. The van der Waals surface area contributed by atoms with E-state index in [-0.39, 0.29) is 35.0 Å². The van der Waals surface area contributed by atoms with Gasteiger partial charge >= 0.3 is 0 Å². The summed E-state index contributed by atoms with van der Waals surface area (Å²) < 4.78 is 5.52. The van der Waals surface area contributed by atoms with Crippen molar-refractivity contribution in [3.8, 4) is 5.75 Å². The van der Waals surface area contributed by atoms with Gasteiger partial charge in [-0.15, -0.1) is 0 Å². The Morgan fingerprint density at radius 1 is 1.23 bits per heavy atom. The number of hydrogen-bond acceptors (Lipinski definition) is 8. The Balaban J connectivity index is 1.67. The van der Waals surface area contributed by atoms with Crippen LogP contribution in [0.4, 0.5) is 11.6 Å². The normalized spacial score (nSPS) is 11.6. The number of guanidine groups is 1. The van der Waals surface area contributed by atoms with Gasteiger partial charge < -0.3 is 26.6 Å². The minimum absolute atomic E-state index is 0.0682. The zero-order chi connectivity index (χ0) is 22.8. The van der Waals surface area contributed by atoms with E-state index in [1.54, 1.807) is 0 Å². The molecule has 0 aliphatic heterocycles. The van der Waals surface area contributed by atoms with Crippen LogP contribution in [0, 0.1) is 5.41 Å². The zero-order valence-corrected chi connectivity index (χ0v) is 18.1. The lowest BCUT2D eigenvalue weighted by Gasteiger charge is -2.11. The molecule has 0 saturated carbocycles. The predicted octanol–water partition coefficient (Wildman–Crippen LogP) is 1.72. The summed E-state index contributed by atoms with van der Waals surface area (Å²) >= 11 is 5.76. The smallest absolute Gasteiger partial charge is 0.280 e. The molecule has 0 radical (unpaired) electrons. The molecule has 0 aliphatic rings. The Morgan fingerprint density at radius 2 is 1.94 bits per heavy atom. The van der Waals surface area contributed by atoms with Crippen molar-refractivity contribution < 1.29 is 14.6 Å². The van der Waals surface area contributed by atoms with Crippen LogP contribution in [0.15, 0.2) is 24.3 Å². The Morgan fingerprint density at radius 3 is 2.61 bits per heavy atom. The summed E-state index contributed by atoms with van der Waals surface area (Å²) in [5.41, 5.74) is 12.1. The molecule has 0 bridgehead atoms. The maximum Gasteiger partial charge on any atom is 0.280 e. The van der Waals surface area contributed by atoms with Crippen LogP contribution in [0.3, 0.4) is 0 Å². The maximum absolute atomic E-state index is 12.1. The van der Waals surface area contributed by atoms with E-state index in [9.17, 15) is 9.90 Å². The van der Waals surface area contributed by atoms with E-state index in [0.717, 1.165) is 25.0 Å². The summed E-state index contributed by atoms with van der Waals surface area (Å²) in [5, 5.41) is 22.4. The number of unbranched alkanes of at least 4 members (excludes halogenated alkanes) is 1. The number of nitrogens with zero attached hydrogens (tertiary/aromatic N) is 2. The Kier molecular flexibility index (Phi) is 9.29. The monoisotopic (exact) mass is 449 g/mol. The van der Waals surface area contributed by atoms with E-state index >= 15 is 0 Å². The molecule has 1 heterocycles. The number of nitrogens with one attached hydrogen (secondary N) is 3. The first-order valence-corrected chi connectivity index (χ1v) is 10.3. The van der Waals surface area contributed by atoms with Gasteiger partial charge in [-0.25, -0.2) is 9.97 Å². The lowest BCUT2D eigenvalue weighted by atomic mass is 10.1. The van der Waals surface area contributed by atoms with Crippen LogP contribution < -0.4 is 26.8 Å².